The van der Waals surface area contributed by atoms with Crippen LogP contribution in [0.15, 0.2) is 30.7 Å². The first-order valence-electron chi connectivity index (χ1n) is 4.29. The van der Waals surface area contributed by atoms with Crippen molar-refractivity contribution in [3.05, 3.63) is 41.7 Å². The Morgan fingerprint density at radius 1 is 1.36 bits per heavy atom. The second-order valence-corrected chi connectivity index (χ2v) is 3.20. The second-order valence-electron chi connectivity index (χ2n) is 2.81. The predicted molar refractivity (Wildman–Crippen MR) is 53.0 cm³/mol. The largest absolute Gasteiger partial charge is 0.272 e. The van der Waals surface area contributed by atoms with Crippen molar-refractivity contribution in [2.24, 2.45) is 0 Å². The Hall–Kier alpha value is -1.42. The maximum atomic E-state index is 5.73. The summed E-state index contributed by atoms with van der Waals surface area (Å²) in [6.45, 7) is 0.771. The van der Waals surface area contributed by atoms with Gasteiger partial charge < -0.3 is 0 Å². The van der Waals surface area contributed by atoms with Crippen molar-refractivity contribution in [1.82, 2.24) is 19.7 Å². The van der Waals surface area contributed by atoms with Gasteiger partial charge in [0.2, 0.25) is 0 Å². The van der Waals surface area contributed by atoms with Gasteiger partial charge in [-0.1, -0.05) is 11.6 Å². The Bertz CT molecular complexity index is 399. The van der Waals surface area contributed by atoms with E-state index in [-0.39, 0.29) is 0 Å². The zero-order chi connectivity index (χ0) is 9.80. The summed E-state index contributed by atoms with van der Waals surface area (Å²) in [6.07, 6.45) is 6.05. The molecule has 2 heterocycles. The highest BCUT2D eigenvalue weighted by molar-refractivity contribution is 6.29. The van der Waals surface area contributed by atoms with Gasteiger partial charge in [0.1, 0.15) is 11.0 Å². The lowest BCUT2D eigenvalue weighted by molar-refractivity contribution is 0.600. The van der Waals surface area contributed by atoms with Crippen LogP contribution in [-0.2, 0) is 13.0 Å². The van der Waals surface area contributed by atoms with Crippen LogP contribution < -0.4 is 0 Å². The van der Waals surface area contributed by atoms with E-state index in [2.05, 4.69) is 15.1 Å². The smallest absolute Gasteiger partial charge is 0.132 e. The van der Waals surface area contributed by atoms with E-state index in [0.717, 1.165) is 18.8 Å². The van der Waals surface area contributed by atoms with E-state index in [9.17, 15) is 0 Å². The SMILES string of the molecule is Clc1ccnc(CCn2cccn2)n1. The van der Waals surface area contributed by atoms with E-state index in [4.69, 9.17) is 11.6 Å². The molecule has 0 N–H and O–H groups in total. The third kappa shape index (κ3) is 2.29. The molecule has 0 aliphatic heterocycles. The fourth-order valence-electron chi connectivity index (χ4n) is 1.14. The van der Waals surface area contributed by atoms with Crippen molar-refractivity contribution >= 4 is 11.6 Å². The summed E-state index contributed by atoms with van der Waals surface area (Å²) in [4.78, 5) is 8.19. The Kier molecular flexibility index (Phi) is 2.74. The Morgan fingerprint density at radius 2 is 2.29 bits per heavy atom. The maximum Gasteiger partial charge on any atom is 0.132 e. The molecule has 72 valence electrons. The molecule has 2 aromatic heterocycles. The lowest BCUT2D eigenvalue weighted by Gasteiger charge is -2.00. The summed E-state index contributed by atoms with van der Waals surface area (Å²) >= 11 is 5.73. The van der Waals surface area contributed by atoms with Crippen LogP contribution in [0, 0.1) is 0 Å². The fraction of sp³-hybridized carbons (Fsp3) is 0.222. The van der Waals surface area contributed by atoms with Crippen molar-refractivity contribution in [3.8, 4) is 0 Å². The standard InChI is InChI=1S/C9H9ClN4/c10-8-2-5-11-9(13-8)3-7-14-6-1-4-12-14/h1-2,4-6H,3,7H2. The number of aryl methyl sites for hydroxylation is 2. The van der Waals surface area contributed by atoms with E-state index in [1.165, 1.54) is 0 Å². The molecule has 0 unspecified atom stereocenters. The Labute approximate surface area is 86.6 Å². The second kappa shape index (κ2) is 4.19. The van der Waals surface area contributed by atoms with E-state index in [1.54, 1.807) is 18.5 Å². The molecule has 0 fully saturated rings. The summed E-state index contributed by atoms with van der Waals surface area (Å²) in [5.74, 6) is 0.744. The number of aromatic nitrogens is 4. The topological polar surface area (TPSA) is 43.6 Å². The molecule has 0 saturated heterocycles. The highest BCUT2D eigenvalue weighted by Crippen LogP contribution is 2.03. The van der Waals surface area contributed by atoms with Crippen LogP contribution in [0.25, 0.3) is 0 Å². The molecule has 0 atom stereocenters. The van der Waals surface area contributed by atoms with E-state index in [0.29, 0.717) is 5.15 Å². The van der Waals surface area contributed by atoms with Crippen LogP contribution in [0.1, 0.15) is 5.82 Å². The Balaban J connectivity index is 1.98. The molecule has 0 aliphatic rings. The lowest BCUT2D eigenvalue weighted by Crippen LogP contribution is -2.04. The first-order chi connectivity index (χ1) is 6.84. The van der Waals surface area contributed by atoms with Gasteiger partial charge in [0.25, 0.3) is 0 Å². The summed E-state index contributed by atoms with van der Waals surface area (Å²) < 4.78 is 1.84. The minimum absolute atomic E-state index is 0.482. The number of nitrogens with zero attached hydrogens (tertiary/aromatic N) is 4. The van der Waals surface area contributed by atoms with Crippen LogP contribution in [0.4, 0.5) is 0 Å². The summed E-state index contributed by atoms with van der Waals surface area (Å²) in [6, 6.07) is 3.55. The molecule has 0 radical (unpaired) electrons. The normalized spacial score (nSPS) is 10.4. The third-order valence-corrected chi connectivity index (χ3v) is 2.01. The fourth-order valence-corrected chi connectivity index (χ4v) is 1.30. The van der Waals surface area contributed by atoms with Gasteiger partial charge in [0.05, 0.1) is 0 Å². The molecule has 14 heavy (non-hydrogen) atoms. The number of halogens is 1. The van der Waals surface area contributed by atoms with Gasteiger partial charge in [-0.05, 0) is 12.1 Å². The van der Waals surface area contributed by atoms with Gasteiger partial charge in [-0.25, -0.2) is 9.97 Å². The highest BCUT2D eigenvalue weighted by atomic mass is 35.5. The van der Waals surface area contributed by atoms with Crippen LogP contribution in [-0.4, -0.2) is 19.7 Å². The number of hydrogen-bond donors (Lipinski definition) is 0. The molecule has 0 aliphatic carbocycles. The van der Waals surface area contributed by atoms with Crippen molar-refractivity contribution in [1.29, 1.82) is 0 Å². The quantitative estimate of drug-likeness (QED) is 0.720. The predicted octanol–water partition coefficient (Wildman–Crippen LogP) is 1.57. The van der Waals surface area contributed by atoms with Crippen LogP contribution in [0.3, 0.4) is 0 Å². The maximum absolute atomic E-state index is 5.73. The summed E-state index contributed by atoms with van der Waals surface area (Å²) in [5.41, 5.74) is 0. The molecule has 5 heteroatoms. The van der Waals surface area contributed by atoms with Crippen molar-refractivity contribution < 1.29 is 0 Å². The van der Waals surface area contributed by atoms with Gasteiger partial charge in [-0.2, -0.15) is 5.10 Å². The first-order valence-corrected chi connectivity index (χ1v) is 4.67. The van der Waals surface area contributed by atoms with Crippen molar-refractivity contribution in [2.45, 2.75) is 13.0 Å². The van der Waals surface area contributed by atoms with E-state index < -0.39 is 0 Å². The van der Waals surface area contributed by atoms with Gasteiger partial charge in [-0.15, -0.1) is 0 Å². The zero-order valence-corrected chi connectivity index (χ0v) is 8.22. The summed E-state index contributed by atoms with van der Waals surface area (Å²) in [7, 11) is 0. The molecular weight excluding hydrogens is 200 g/mol. The molecule has 0 amide bonds. The molecule has 4 nitrogen and oxygen atoms in total. The summed E-state index contributed by atoms with van der Waals surface area (Å²) in [5, 5.41) is 4.56. The molecule has 2 rings (SSSR count). The van der Waals surface area contributed by atoms with Crippen molar-refractivity contribution in [3.63, 3.8) is 0 Å². The third-order valence-electron chi connectivity index (χ3n) is 1.80. The van der Waals surface area contributed by atoms with Crippen LogP contribution in [0.2, 0.25) is 5.15 Å². The molecule has 0 saturated carbocycles. The molecule has 0 bridgehead atoms. The monoisotopic (exact) mass is 208 g/mol. The first kappa shape index (κ1) is 9.15. The lowest BCUT2D eigenvalue weighted by atomic mass is 10.4. The van der Waals surface area contributed by atoms with Gasteiger partial charge in [0, 0.05) is 31.6 Å². The average Bonchev–Trinajstić information content (AvgIpc) is 2.67. The van der Waals surface area contributed by atoms with Gasteiger partial charge >= 0.3 is 0 Å². The van der Waals surface area contributed by atoms with Gasteiger partial charge in [-0.3, -0.25) is 4.68 Å². The minimum Gasteiger partial charge on any atom is -0.272 e. The molecule has 0 aromatic carbocycles. The van der Waals surface area contributed by atoms with E-state index >= 15 is 0 Å². The average molecular weight is 209 g/mol. The Morgan fingerprint density at radius 3 is 3.00 bits per heavy atom. The number of hydrogen-bond acceptors (Lipinski definition) is 3. The number of rotatable bonds is 3. The molecule has 2 aromatic rings. The zero-order valence-electron chi connectivity index (χ0n) is 7.47. The van der Waals surface area contributed by atoms with Crippen LogP contribution >= 0.6 is 11.6 Å². The molecular formula is C9H9ClN4. The minimum atomic E-state index is 0.482. The van der Waals surface area contributed by atoms with E-state index in [1.807, 2.05) is 16.9 Å². The highest BCUT2D eigenvalue weighted by Gasteiger charge is 1.98. The van der Waals surface area contributed by atoms with Gasteiger partial charge in [0.15, 0.2) is 0 Å². The molecule has 0 spiro atoms. The van der Waals surface area contributed by atoms with Crippen LogP contribution in [0.5, 0.6) is 0 Å². The van der Waals surface area contributed by atoms with Crippen molar-refractivity contribution in [2.75, 3.05) is 0 Å².